The summed E-state index contributed by atoms with van der Waals surface area (Å²) >= 11 is 0. The molecule has 0 fully saturated rings. The van der Waals surface area contributed by atoms with Gasteiger partial charge in [0, 0.05) is 11.1 Å². The van der Waals surface area contributed by atoms with Crippen molar-refractivity contribution in [1.82, 2.24) is 0 Å². The molecule has 0 unspecified atom stereocenters. The first-order valence-corrected chi connectivity index (χ1v) is 5.56. The van der Waals surface area contributed by atoms with Gasteiger partial charge in [0.05, 0.1) is 0 Å². The molecule has 0 atom stereocenters. The minimum Gasteiger partial charge on any atom is -0.290 e. The van der Waals surface area contributed by atoms with E-state index in [1.807, 2.05) is 41.5 Å². The number of allylic oxidation sites excluding steroid dienone is 4. The number of carbonyl (C=O) groups excluding carboxylic acids is 2. The zero-order valence-electron chi connectivity index (χ0n) is 11.0. The summed E-state index contributed by atoms with van der Waals surface area (Å²) in [5.74, 6) is -0.0611. The summed E-state index contributed by atoms with van der Waals surface area (Å²) in [6.45, 7) is 11.7. The standard InChI is InChI=1S/C14H20O2.CH4/c1-13(2,3)10-7-9(15)8-11(12(10)16)14(4,5)6;/h7-8H,1-6H3;1H4. The maximum atomic E-state index is 12.3. The predicted molar refractivity (Wildman–Crippen MR) is 71.8 cm³/mol. The average Bonchev–Trinajstić information content (AvgIpc) is 2.04. The van der Waals surface area contributed by atoms with Crippen LogP contribution in [-0.4, -0.2) is 11.6 Å². The normalized spacial score (nSPS) is 17.3. The molecule has 2 heteroatoms. The Hall–Kier alpha value is -1.18. The van der Waals surface area contributed by atoms with E-state index in [0.717, 1.165) is 0 Å². The lowest BCUT2D eigenvalue weighted by Gasteiger charge is -2.30. The Labute approximate surface area is 105 Å². The first-order chi connectivity index (χ1) is 7.03. The molecule has 0 aromatic heterocycles. The van der Waals surface area contributed by atoms with Gasteiger partial charge in [-0.2, -0.15) is 0 Å². The summed E-state index contributed by atoms with van der Waals surface area (Å²) < 4.78 is 0. The molecule has 0 heterocycles. The van der Waals surface area contributed by atoms with Crippen molar-refractivity contribution in [2.24, 2.45) is 10.8 Å². The Morgan fingerprint density at radius 3 is 1.29 bits per heavy atom. The number of hydrogen-bond donors (Lipinski definition) is 0. The Bertz CT molecular complexity index is 360. The molecular formula is C15H24O2. The van der Waals surface area contributed by atoms with Crippen LogP contribution in [0.2, 0.25) is 0 Å². The van der Waals surface area contributed by atoms with Crippen molar-refractivity contribution in [3.05, 3.63) is 23.3 Å². The van der Waals surface area contributed by atoms with E-state index in [4.69, 9.17) is 0 Å². The van der Waals surface area contributed by atoms with Crippen molar-refractivity contribution in [1.29, 1.82) is 0 Å². The largest absolute Gasteiger partial charge is 0.290 e. The second-order valence-electron chi connectivity index (χ2n) is 6.35. The first kappa shape index (κ1) is 15.8. The van der Waals surface area contributed by atoms with E-state index in [0.29, 0.717) is 11.1 Å². The fourth-order valence-electron chi connectivity index (χ4n) is 1.72. The molecule has 0 aliphatic heterocycles. The number of carbonyl (C=O) groups is 2. The summed E-state index contributed by atoms with van der Waals surface area (Å²) in [6, 6.07) is 0. The molecule has 0 N–H and O–H groups in total. The van der Waals surface area contributed by atoms with Crippen LogP contribution in [0, 0.1) is 10.8 Å². The van der Waals surface area contributed by atoms with Crippen LogP contribution in [0.25, 0.3) is 0 Å². The van der Waals surface area contributed by atoms with Gasteiger partial charge in [-0.05, 0) is 23.0 Å². The molecule has 0 aromatic carbocycles. The van der Waals surface area contributed by atoms with Gasteiger partial charge >= 0.3 is 0 Å². The summed E-state index contributed by atoms with van der Waals surface area (Å²) in [4.78, 5) is 23.9. The zero-order valence-corrected chi connectivity index (χ0v) is 11.0. The van der Waals surface area contributed by atoms with E-state index >= 15 is 0 Å². The summed E-state index contributed by atoms with van der Waals surface area (Å²) in [7, 11) is 0. The Balaban J connectivity index is 0.00000256. The highest BCUT2D eigenvalue weighted by molar-refractivity contribution is 6.21. The van der Waals surface area contributed by atoms with E-state index in [2.05, 4.69) is 0 Å². The molecule has 17 heavy (non-hydrogen) atoms. The number of rotatable bonds is 0. The van der Waals surface area contributed by atoms with Crippen molar-refractivity contribution in [2.75, 3.05) is 0 Å². The highest BCUT2D eigenvalue weighted by Crippen LogP contribution is 2.36. The molecule has 0 saturated heterocycles. The van der Waals surface area contributed by atoms with Gasteiger partial charge in [-0.25, -0.2) is 0 Å². The molecular weight excluding hydrogens is 212 g/mol. The molecule has 0 bridgehead atoms. The third-order valence-electron chi connectivity index (χ3n) is 2.68. The molecule has 2 nitrogen and oxygen atoms in total. The van der Waals surface area contributed by atoms with E-state index in [9.17, 15) is 9.59 Å². The van der Waals surface area contributed by atoms with Crippen LogP contribution >= 0.6 is 0 Å². The Kier molecular flexibility index (Phi) is 4.28. The van der Waals surface area contributed by atoms with Crippen LogP contribution in [0.5, 0.6) is 0 Å². The second-order valence-corrected chi connectivity index (χ2v) is 6.35. The molecule has 1 aliphatic rings. The van der Waals surface area contributed by atoms with E-state index in [1.165, 1.54) is 12.2 Å². The van der Waals surface area contributed by atoms with Gasteiger partial charge in [-0.3, -0.25) is 9.59 Å². The minimum absolute atomic E-state index is 0. The summed E-state index contributed by atoms with van der Waals surface area (Å²) in [5, 5.41) is 0. The van der Waals surface area contributed by atoms with Gasteiger partial charge in [-0.1, -0.05) is 49.0 Å². The van der Waals surface area contributed by atoms with Gasteiger partial charge in [0.15, 0.2) is 11.6 Å². The predicted octanol–water partition coefficient (Wildman–Crippen LogP) is 3.72. The van der Waals surface area contributed by atoms with Crippen LogP contribution in [0.3, 0.4) is 0 Å². The molecule has 0 spiro atoms. The zero-order chi connectivity index (χ0) is 12.7. The first-order valence-electron chi connectivity index (χ1n) is 5.56. The number of Topliss-reactive ketones (excluding diaryl/α,β-unsaturated/α-hetero) is 1. The topological polar surface area (TPSA) is 34.1 Å². The molecule has 1 rings (SSSR count). The van der Waals surface area contributed by atoms with Crippen molar-refractivity contribution in [2.45, 2.75) is 49.0 Å². The quantitative estimate of drug-likeness (QED) is 0.601. The fourth-order valence-corrected chi connectivity index (χ4v) is 1.72. The monoisotopic (exact) mass is 236 g/mol. The van der Waals surface area contributed by atoms with E-state index in [-0.39, 0.29) is 29.8 Å². The van der Waals surface area contributed by atoms with Crippen molar-refractivity contribution in [3.63, 3.8) is 0 Å². The smallest absolute Gasteiger partial charge is 0.186 e. The van der Waals surface area contributed by atoms with Gasteiger partial charge in [-0.15, -0.1) is 0 Å². The number of hydrogen-bond acceptors (Lipinski definition) is 2. The lowest BCUT2D eigenvalue weighted by atomic mass is 9.72. The molecule has 0 radical (unpaired) electrons. The number of ketones is 2. The third kappa shape index (κ3) is 3.39. The van der Waals surface area contributed by atoms with Crippen LogP contribution in [0.1, 0.15) is 49.0 Å². The second kappa shape index (κ2) is 4.59. The fraction of sp³-hybridized carbons (Fsp3) is 0.600. The molecule has 1 aliphatic carbocycles. The maximum absolute atomic E-state index is 12.3. The Morgan fingerprint density at radius 1 is 0.765 bits per heavy atom. The van der Waals surface area contributed by atoms with Crippen LogP contribution in [0.4, 0.5) is 0 Å². The van der Waals surface area contributed by atoms with Crippen LogP contribution in [-0.2, 0) is 9.59 Å². The highest BCUT2D eigenvalue weighted by Gasteiger charge is 2.34. The molecule has 96 valence electrons. The maximum Gasteiger partial charge on any atom is 0.186 e. The summed E-state index contributed by atoms with van der Waals surface area (Å²) in [6.07, 6.45) is 2.94. The highest BCUT2D eigenvalue weighted by atomic mass is 16.1. The molecule has 0 saturated carbocycles. The van der Waals surface area contributed by atoms with Gasteiger partial charge in [0.2, 0.25) is 0 Å². The van der Waals surface area contributed by atoms with Gasteiger partial charge < -0.3 is 0 Å². The van der Waals surface area contributed by atoms with Crippen molar-refractivity contribution in [3.8, 4) is 0 Å². The van der Waals surface area contributed by atoms with Crippen LogP contribution in [0.15, 0.2) is 23.3 Å². The SMILES string of the molecule is C.CC(C)(C)C1=CC(=O)C=C(C(C)(C)C)C1=O. The van der Waals surface area contributed by atoms with Crippen LogP contribution < -0.4 is 0 Å². The van der Waals surface area contributed by atoms with Crippen molar-refractivity contribution < 1.29 is 9.59 Å². The molecule has 0 amide bonds. The third-order valence-corrected chi connectivity index (χ3v) is 2.68. The Morgan fingerprint density at radius 2 is 1.06 bits per heavy atom. The lowest BCUT2D eigenvalue weighted by molar-refractivity contribution is -0.116. The average molecular weight is 236 g/mol. The van der Waals surface area contributed by atoms with Gasteiger partial charge in [0.25, 0.3) is 0 Å². The summed E-state index contributed by atoms with van der Waals surface area (Å²) in [5.41, 5.74) is 0.671. The minimum atomic E-state index is -0.280. The lowest BCUT2D eigenvalue weighted by Crippen LogP contribution is -2.29. The molecule has 0 aromatic rings. The van der Waals surface area contributed by atoms with Crippen molar-refractivity contribution >= 4 is 11.6 Å². The van der Waals surface area contributed by atoms with E-state index < -0.39 is 0 Å². The van der Waals surface area contributed by atoms with E-state index in [1.54, 1.807) is 0 Å². The van der Waals surface area contributed by atoms with Gasteiger partial charge in [0.1, 0.15) is 0 Å².